The maximum absolute atomic E-state index is 13.1. The number of nitrogens with zero attached hydrogens (tertiary/aromatic N) is 2. The molecule has 2 aliphatic rings. The summed E-state index contributed by atoms with van der Waals surface area (Å²) in [5, 5.41) is 6.66. The van der Waals surface area contributed by atoms with Gasteiger partial charge in [-0.25, -0.2) is 13.2 Å². The molecule has 2 heterocycles. The summed E-state index contributed by atoms with van der Waals surface area (Å²) in [5.41, 5.74) is 3.10. The Balaban J connectivity index is 0.000000454. The zero-order chi connectivity index (χ0) is 26.5. The van der Waals surface area contributed by atoms with Gasteiger partial charge in [-0.05, 0) is 44.0 Å². The van der Waals surface area contributed by atoms with E-state index in [0.717, 1.165) is 19.6 Å². The largest absolute Gasteiger partial charge is 0.490 e. The Morgan fingerprint density at radius 1 is 0.972 bits per heavy atom. The molecule has 0 bridgehead atoms. The Labute approximate surface area is 208 Å². The molecule has 2 fully saturated rings. The number of hydrogen-bond donors (Lipinski definition) is 1. The van der Waals surface area contributed by atoms with Crippen molar-refractivity contribution in [2.45, 2.75) is 43.8 Å². The van der Waals surface area contributed by atoms with Gasteiger partial charge >= 0.3 is 12.1 Å². The molecule has 0 radical (unpaired) electrons. The molecule has 1 amide bonds. The van der Waals surface area contributed by atoms with E-state index in [2.05, 4.69) is 36.1 Å². The number of carbonyl (C=O) groups excluding carboxylic acids is 1. The van der Waals surface area contributed by atoms with Crippen molar-refractivity contribution in [1.29, 1.82) is 0 Å². The van der Waals surface area contributed by atoms with Crippen molar-refractivity contribution < 1.29 is 36.3 Å². The van der Waals surface area contributed by atoms with E-state index < -0.39 is 27.2 Å². The molecular weight excluding hydrogens is 497 g/mol. The second-order valence-corrected chi connectivity index (χ2v) is 11.3. The highest BCUT2D eigenvalue weighted by molar-refractivity contribution is 7.92. The summed E-state index contributed by atoms with van der Waals surface area (Å²) < 4.78 is 57.4. The molecule has 36 heavy (non-hydrogen) atoms. The number of carbonyl (C=O) groups is 2. The molecule has 11 heteroatoms. The second-order valence-electron chi connectivity index (χ2n) is 8.98. The molecule has 0 aromatic heterocycles. The van der Waals surface area contributed by atoms with Gasteiger partial charge < -0.3 is 10.0 Å². The van der Waals surface area contributed by atoms with E-state index in [0.29, 0.717) is 18.4 Å². The van der Waals surface area contributed by atoms with Gasteiger partial charge in [0.05, 0.1) is 17.0 Å². The quantitative estimate of drug-likeness (QED) is 0.658. The summed E-state index contributed by atoms with van der Waals surface area (Å²) in [6.07, 6.45) is -3.81. The van der Waals surface area contributed by atoms with Gasteiger partial charge in [-0.2, -0.15) is 13.2 Å². The van der Waals surface area contributed by atoms with Crippen LogP contribution in [0.1, 0.15) is 34.3 Å². The van der Waals surface area contributed by atoms with E-state index in [1.54, 1.807) is 12.1 Å². The third-order valence-electron chi connectivity index (χ3n) is 6.43. The van der Waals surface area contributed by atoms with Crippen LogP contribution in [0.15, 0.2) is 54.6 Å². The number of aliphatic carboxylic acids is 1. The van der Waals surface area contributed by atoms with Crippen molar-refractivity contribution in [3.63, 3.8) is 0 Å². The monoisotopic (exact) mass is 526 g/mol. The Bertz CT molecular complexity index is 1150. The zero-order valence-corrected chi connectivity index (χ0v) is 20.6. The molecule has 2 aromatic carbocycles. The molecule has 7 nitrogen and oxygen atoms in total. The Kier molecular flexibility index (Phi) is 8.78. The topological polar surface area (TPSA) is 95.0 Å². The van der Waals surface area contributed by atoms with Crippen LogP contribution in [-0.4, -0.2) is 78.1 Å². The lowest BCUT2D eigenvalue weighted by atomic mass is 10.0. The van der Waals surface area contributed by atoms with Crippen molar-refractivity contribution in [3.05, 3.63) is 71.3 Å². The first kappa shape index (κ1) is 27.7. The molecule has 196 valence electrons. The summed E-state index contributed by atoms with van der Waals surface area (Å²) in [6, 6.07) is 17.4. The highest BCUT2D eigenvalue weighted by atomic mass is 32.2. The van der Waals surface area contributed by atoms with E-state index >= 15 is 0 Å². The Morgan fingerprint density at radius 2 is 1.56 bits per heavy atom. The number of aryl methyl sites for hydroxylation is 1. The number of likely N-dealkylation sites (tertiary alicyclic amines) is 1. The van der Waals surface area contributed by atoms with Crippen LogP contribution in [0.25, 0.3) is 0 Å². The van der Waals surface area contributed by atoms with Gasteiger partial charge in [0.15, 0.2) is 9.84 Å². The van der Waals surface area contributed by atoms with E-state index in [1.165, 1.54) is 11.1 Å². The highest BCUT2D eigenvalue weighted by Crippen LogP contribution is 2.29. The minimum absolute atomic E-state index is 0.0533. The number of carboxylic acids is 1. The molecule has 2 atom stereocenters. The molecule has 0 spiro atoms. The standard InChI is InChI=1S/C23H28N2O3S.C2HF3O2/c1-18-7-9-19(10-8-18)17-24-13-11-21-22(12-14-24)29(27,28)16-15-25(21)23(26)20-5-3-2-4-6-20;3-2(4,5)1(6)7/h2-10,21-22H,11-17H2,1H3;(H,6,7)/t21-,22+;/m0./s1. The first-order valence-corrected chi connectivity index (χ1v) is 13.3. The summed E-state index contributed by atoms with van der Waals surface area (Å²) in [4.78, 5) is 26.1. The fraction of sp³-hybridized carbons (Fsp3) is 0.440. The van der Waals surface area contributed by atoms with Crippen LogP contribution >= 0.6 is 0 Å². The number of benzene rings is 2. The van der Waals surface area contributed by atoms with Crippen molar-refractivity contribution in [1.82, 2.24) is 9.80 Å². The molecule has 2 saturated heterocycles. The minimum Gasteiger partial charge on any atom is -0.475 e. The van der Waals surface area contributed by atoms with Crippen LogP contribution in [0.5, 0.6) is 0 Å². The van der Waals surface area contributed by atoms with Crippen LogP contribution in [-0.2, 0) is 21.2 Å². The van der Waals surface area contributed by atoms with Crippen molar-refractivity contribution in [2.75, 3.05) is 25.4 Å². The van der Waals surface area contributed by atoms with Gasteiger partial charge in [-0.3, -0.25) is 9.69 Å². The van der Waals surface area contributed by atoms with Crippen molar-refractivity contribution >= 4 is 21.7 Å². The van der Waals surface area contributed by atoms with E-state index in [9.17, 15) is 26.4 Å². The maximum atomic E-state index is 13.1. The SMILES string of the molecule is Cc1ccc(CN2CC[C@@H]3[C@H](CC2)N(C(=O)c2ccccc2)CCS3(=O)=O)cc1.O=C(O)C(F)(F)F. The van der Waals surface area contributed by atoms with E-state index in [-0.39, 0.29) is 24.2 Å². The number of hydrogen-bond acceptors (Lipinski definition) is 5. The molecule has 0 saturated carbocycles. The number of fused-ring (bicyclic) bond motifs is 1. The van der Waals surface area contributed by atoms with Gasteiger partial charge in [-0.1, -0.05) is 48.0 Å². The fourth-order valence-electron chi connectivity index (χ4n) is 4.54. The normalized spacial score (nSPS) is 21.9. The number of amides is 1. The van der Waals surface area contributed by atoms with Crippen molar-refractivity contribution in [2.24, 2.45) is 0 Å². The smallest absolute Gasteiger partial charge is 0.475 e. The number of carboxylic acid groups (broad SMARTS) is 1. The van der Waals surface area contributed by atoms with Crippen LogP contribution in [0.2, 0.25) is 0 Å². The van der Waals surface area contributed by atoms with Crippen LogP contribution in [0, 0.1) is 6.92 Å². The molecular formula is C25H29F3N2O5S. The maximum Gasteiger partial charge on any atom is 0.490 e. The summed E-state index contributed by atoms with van der Waals surface area (Å²) in [6.45, 7) is 4.70. The lowest BCUT2D eigenvalue weighted by Crippen LogP contribution is -2.56. The van der Waals surface area contributed by atoms with Crippen LogP contribution < -0.4 is 0 Å². The summed E-state index contributed by atoms with van der Waals surface area (Å²) in [7, 11) is -3.18. The number of sulfone groups is 1. The Hall–Kier alpha value is -2.92. The summed E-state index contributed by atoms with van der Waals surface area (Å²) in [5.74, 6) is -2.75. The molecule has 0 aliphatic carbocycles. The fourth-order valence-corrected chi connectivity index (χ4v) is 6.52. The first-order chi connectivity index (χ1) is 16.9. The van der Waals surface area contributed by atoms with Gasteiger partial charge in [0, 0.05) is 25.2 Å². The van der Waals surface area contributed by atoms with Crippen LogP contribution in [0.4, 0.5) is 13.2 Å². The molecule has 4 rings (SSSR count). The average molecular weight is 527 g/mol. The van der Waals surface area contributed by atoms with Gasteiger partial charge in [0.2, 0.25) is 0 Å². The lowest BCUT2D eigenvalue weighted by Gasteiger charge is -2.40. The van der Waals surface area contributed by atoms with Crippen LogP contribution in [0.3, 0.4) is 0 Å². The minimum atomic E-state index is -5.08. The van der Waals surface area contributed by atoms with E-state index in [4.69, 9.17) is 9.90 Å². The third kappa shape index (κ3) is 7.07. The molecule has 0 unspecified atom stereocenters. The number of rotatable bonds is 3. The van der Waals surface area contributed by atoms with Crippen molar-refractivity contribution in [3.8, 4) is 0 Å². The zero-order valence-electron chi connectivity index (χ0n) is 19.8. The highest BCUT2D eigenvalue weighted by Gasteiger charge is 2.44. The predicted molar refractivity (Wildman–Crippen MR) is 128 cm³/mol. The second kappa shape index (κ2) is 11.4. The first-order valence-electron chi connectivity index (χ1n) is 11.5. The van der Waals surface area contributed by atoms with Gasteiger partial charge in [0.25, 0.3) is 5.91 Å². The van der Waals surface area contributed by atoms with Gasteiger partial charge in [0.1, 0.15) is 0 Å². The van der Waals surface area contributed by atoms with Gasteiger partial charge in [-0.15, -0.1) is 0 Å². The molecule has 1 N–H and O–H groups in total. The molecule has 2 aliphatic heterocycles. The number of alkyl halides is 3. The summed E-state index contributed by atoms with van der Waals surface area (Å²) >= 11 is 0. The average Bonchev–Trinajstić information content (AvgIpc) is 3.04. The molecule has 2 aromatic rings. The third-order valence-corrected chi connectivity index (χ3v) is 8.65. The Morgan fingerprint density at radius 3 is 2.14 bits per heavy atom. The van der Waals surface area contributed by atoms with E-state index in [1.807, 2.05) is 23.1 Å². The lowest BCUT2D eigenvalue weighted by molar-refractivity contribution is -0.192. The number of halogens is 3. The predicted octanol–water partition coefficient (Wildman–Crippen LogP) is 3.53.